The van der Waals surface area contributed by atoms with Crippen molar-refractivity contribution in [1.82, 2.24) is 10.6 Å². The minimum Gasteiger partial charge on any atom is -0.481 e. The lowest BCUT2D eigenvalue weighted by molar-refractivity contribution is -0.137. The Kier molecular flexibility index (Phi) is 6.17. The van der Waals surface area contributed by atoms with Gasteiger partial charge in [0.15, 0.2) is 0 Å². The molecule has 0 radical (unpaired) electrons. The summed E-state index contributed by atoms with van der Waals surface area (Å²) in [6.07, 6.45) is 0.153. The summed E-state index contributed by atoms with van der Waals surface area (Å²) >= 11 is 1.58. The van der Waals surface area contributed by atoms with Crippen molar-refractivity contribution >= 4 is 29.2 Å². The van der Waals surface area contributed by atoms with Crippen LogP contribution in [-0.4, -0.2) is 23.0 Å². The van der Waals surface area contributed by atoms with Gasteiger partial charge in [0.05, 0.1) is 6.04 Å². The lowest BCUT2D eigenvalue weighted by Gasteiger charge is -2.12. The molecule has 1 aromatic heterocycles. The molecular weight excluding hydrogens is 280 g/mol. The van der Waals surface area contributed by atoms with Crippen LogP contribution in [0.25, 0.3) is 0 Å². The number of hydrogen-bond donors (Lipinski definition) is 3. The van der Waals surface area contributed by atoms with Crippen molar-refractivity contribution in [2.75, 3.05) is 0 Å². The highest BCUT2D eigenvalue weighted by molar-refractivity contribution is 7.12. The second kappa shape index (κ2) is 7.64. The zero-order chi connectivity index (χ0) is 15.1. The van der Waals surface area contributed by atoms with Crippen LogP contribution in [0.15, 0.2) is 12.1 Å². The highest BCUT2D eigenvalue weighted by Gasteiger charge is 2.13. The molecule has 0 bridgehead atoms. The molecule has 0 saturated carbocycles. The SMILES string of the molecule is Cc1ccc(C(C)NC(=O)NC(=O)CCCC(=O)O)s1. The first-order chi connectivity index (χ1) is 9.38. The molecule has 110 valence electrons. The predicted molar refractivity (Wildman–Crippen MR) is 75.6 cm³/mol. The van der Waals surface area contributed by atoms with E-state index in [1.54, 1.807) is 11.3 Å². The number of carbonyl (C=O) groups excluding carboxylic acids is 2. The summed E-state index contributed by atoms with van der Waals surface area (Å²) in [4.78, 5) is 35.4. The van der Waals surface area contributed by atoms with E-state index in [9.17, 15) is 14.4 Å². The van der Waals surface area contributed by atoms with Gasteiger partial charge in [-0.15, -0.1) is 11.3 Å². The van der Waals surface area contributed by atoms with Gasteiger partial charge in [0.1, 0.15) is 0 Å². The number of carbonyl (C=O) groups is 3. The standard InChI is InChI=1S/C13H18N2O4S/c1-8-6-7-10(20-8)9(2)14-13(19)15-11(16)4-3-5-12(17)18/h6-7,9H,3-5H2,1-2H3,(H,17,18)(H2,14,15,16,19). The van der Waals surface area contributed by atoms with Gasteiger partial charge in [-0.25, -0.2) is 4.79 Å². The summed E-state index contributed by atoms with van der Waals surface area (Å²) in [5, 5.41) is 13.3. The fourth-order valence-corrected chi connectivity index (χ4v) is 2.46. The Balaban J connectivity index is 2.32. The van der Waals surface area contributed by atoms with E-state index in [1.165, 1.54) is 0 Å². The topological polar surface area (TPSA) is 95.5 Å². The quantitative estimate of drug-likeness (QED) is 0.750. The molecular formula is C13H18N2O4S. The van der Waals surface area contributed by atoms with Crippen LogP contribution < -0.4 is 10.6 Å². The fourth-order valence-electron chi connectivity index (χ4n) is 1.58. The van der Waals surface area contributed by atoms with Crippen LogP contribution in [-0.2, 0) is 9.59 Å². The van der Waals surface area contributed by atoms with E-state index in [0.29, 0.717) is 0 Å². The van der Waals surface area contributed by atoms with Crippen LogP contribution in [0.2, 0.25) is 0 Å². The molecule has 0 aliphatic rings. The van der Waals surface area contributed by atoms with Crippen molar-refractivity contribution in [1.29, 1.82) is 0 Å². The average molecular weight is 298 g/mol. The van der Waals surface area contributed by atoms with Gasteiger partial charge in [-0.1, -0.05) is 0 Å². The third-order valence-electron chi connectivity index (χ3n) is 2.58. The largest absolute Gasteiger partial charge is 0.481 e. The van der Waals surface area contributed by atoms with Crippen molar-refractivity contribution in [3.63, 3.8) is 0 Å². The molecule has 0 saturated heterocycles. The lowest BCUT2D eigenvalue weighted by Crippen LogP contribution is -2.40. The minimum atomic E-state index is -0.955. The van der Waals surface area contributed by atoms with Crippen molar-refractivity contribution in [3.8, 4) is 0 Å². The highest BCUT2D eigenvalue weighted by Crippen LogP contribution is 2.21. The highest BCUT2D eigenvalue weighted by atomic mass is 32.1. The molecule has 7 heteroatoms. The molecule has 20 heavy (non-hydrogen) atoms. The molecule has 1 heterocycles. The lowest BCUT2D eigenvalue weighted by atomic mass is 10.2. The maximum absolute atomic E-state index is 11.6. The molecule has 0 fully saturated rings. The van der Waals surface area contributed by atoms with Crippen molar-refractivity contribution in [3.05, 3.63) is 21.9 Å². The molecule has 0 aromatic carbocycles. The van der Waals surface area contributed by atoms with Gasteiger partial charge >= 0.3 is 12.0 Å². The first-order valence-electron chi connectivity index (χ1n) is 6.27. The van der Waals surface area contributed by atoms with Gasteiger partial charge in [0.2, 0.25) is 5.91 Å². The number of imide groups is 1. The maximum Gasteiger partial charge on any atom is 0.321 e. The Labute approximate surface area is 121 Å². The predicted octanol–water partition coefficient (Wildman–Crippen LogP) is 2.20. The number of hydrogen-bond acceptors (Lipinski definition) is 4. The van der Waals surface area contributed by atoms with Crippen molar-refractivity contribution < 1.29 is 19.5 Å². The van der Waals surface area contributed by atoms with Crippen LogP contribution in [0.3, 0.4) is 0 Å². The second-order valence-electron chi connectivity index (χ2n) is 4.44. The third-order valence-corrected chi connectivity index (χ3v) is 3.77. The number of carboxylic acid groups (broad SMARTS) is 1. The van der Waals surface area contributed by atoms with E-state index >= 15 is 0 Å². The zero-order valence-electron chi connectivity index (χ0n) is 11.4. The summed E-state index contributed by atoms with van der Waals surface area (Å²) in [5.74, 6) is -1.43. The Hall–Kier alpha value is -1.89. The van der Waals surface area contributed by atoms with Crippen LogP contribution in [0.1, 0.15) is 42.0 Å². The van der Waals surface area contributed by atoms with Gasteiger partial charge < -0.3 is 10.4 Å². The molecule has 1 atom stereocenters. The number of nitrogens with one attached hydrogen (secondary N) is 2. The molecule has 3 N–H and O–H groups in total. The monoisotopic (exact) mass is 298 g/mol. The van der Waals surface area contributed by atoms with Crippen molar-refractivity contribution in [2.45, 2.75) is 39.2 Å². The zero-order valence-corrected chi connectivity index (χ0v) is 12.3. The number of rotatable bonds is 6. The maximum atomic E-state index is 11.6. The molecule has 1 rings (SSSR count). The number of aliphatic carboxylic acids is 1. The number of amides is 3. The van der Waals surface area contributed by atoms with Crippen LogP contribution in [0, 0.1) is 6.92 Å². The van der Waals surface area contributed by atoms with Crippen molar-refractivity contribution in [2.24, 2.45) is 0 Å². The Bertz CT molecular complexity index is 498. The minimum absolute atomic E-state index is 0.0201. The molecule has 1 unspecified atom stereocenters. The summed E-state index contributed by atoms with van der Waals surface area (Å²) < 4.78 is 0. The van der Waals surface area contributed by atoms with E-state index in [0.717, 1.165) is 9.75 Å². The van der Waals surface area contributed by atoms with E-state index < -0.39 is 17.9 Å². The third kappa shape index (κ3) is 5.83. The van der Waals surface area contributed by atoms with Crippen LogP contribution >= 0.6 is 11.3 Å². The van der Waals surface area contributed by atoms with E-state index in [1.807, 2.05) is 26.0 Å². The smallest absolute Gasteiger partial charge is 0.321 e. The first kappa shape index (κ1) is 16.2. The number of aryl methyl sites for hydroxylation is 1. The van der Waals surface area contributed by atoms with E-state index in [-0.39, 0.29) is 25.3 Å². The second-order valence-corrected chi connectivity index (χ2v) is 5.76. The van der Waals surface area contributed by atoms with Gasteiger partial charge in [-0.05, 0) is 32.4 Å². The normalized spacial score (nSPS) is 11.7. The van der Waals surface area contributed by atoms with Gasteiger partial charge in [-0.2, -0.15) is 0 Å². The summed E-state index contributed by atoms with van der Waals surface area (Å²) in [7, 11) is 0. The van der Waals surface area contributed by atoms with Gasteiger partial charge in [0.25, 0.3) is 0 Å². The number of urea groups is 1. The molecule has 0 spiro atoms. The first-order valence-corrected chi connectivity index (χ1v) is 7.08. The van der Waals surface area contributed by atoms with Gasteiger partial charge in [-0.3, -0.25) is 14.9 Å². The molecule has 3 amide bonds. The summed E-state index contributed by atoms with van der Waals surface area (Å²) in [6, 6.07) is 3.15. The van der Waals surface area contributed by atoms with Gasteiger partial charge in [0, 0.05) is 22.6 Å². The Morgan fingerprint density at radius 3 is 2.55 bits per heavy atom. The molecule has 6 nitrogen and oxygen atoms in total. The summed E-state index contributed by atoms with van der Waals surface area (Å²) in [5.41, 5.74) is 0. The number of carboxylic acids is 1. The number of thiophene rings is 1. The Morgan fingerprint density at radius 2 is 2.00 bits per heavy atom. The summed E-state index contributed by atoms with van der Waals surface area (Å²) in [6.45, 7) is 3.81. The average Bonchev–Trinajstić information content (AvgIpc) is 2.75. The molecule has 1 aromatic rings. The molecule has 0 aliphatic heterocycles. The fraction of sp³-hybridized carbons (Fsp3) is 0.462. The van der Waals surface area contributed by atoms with Crippen LogP contribution in [0.4, 0.5) is 4.79 Å². The van der Waals surface area contributed by atoms with E-state index in [4.69, 9.17) is 5.11 Å². The Morgan fingerprint density at radius 1 is 1.30 bits per heavy atom. The van der Waals surface area contributed by atoms with Crippen LogP contribution in [0.5, 0.6) is 0 Å². The molecule has 0 aliphatic carbocycles. The van der Waals surface area contributed by atoms with E-state index in [2.05, 4.69) is 10.6 Å².